The smallest absolute Gasteiger partial charge is 0.338 e. The summed E-state index contributed by atoms with van der Waals surface area (Å²) < 4.78 is 15.0. The molecule has 0 radical (unpaired) electrons. The van der Waals surface area contributed by atoms with E-state index in [1.807, 2.05) is 0 Å². The van der Waals surface area contributed by atoms with Crippen LogP contribution in [0.4, 0.5) is 0 Å². The van der Waals surface area contributed by atoms with Crippen LogP contribution in [0.2, 0.25) is 0 Å². The predicted octanol–water partition coefficient (Wildman–Crippen LogP) is -0.494. The second kappa shape index (κ2) is 6.77. The van der Waals surface area contributed by atoms with Crippen LogP contribution in [-0.2, 0) is 19.0 Å². The van der Waals surface area contributed by atoms with Gasteiger partial charge in [-0.1, -0.05) is 18.2 Å². The lowest BCUT2D eigenvalue weighted by Crippen LogP contribution is -2.56. The summed E-state index contributed by atoms with van der Waals surface area (Å²) >= 11 is 0. The van der Waals surface area contributed by atoms with E-state index in [9.17, 15) is 19.8 Å². The maximum Gasteiger partial charge on any atom is 0.338 e. The highest BCUT2D eigenvalue weighted by Crippen LogP contribution is 2.19. The minimum absolute atomic E-state index is 0.326. The maximum atomic E-state index is 11.8. The Morgan fingerprint density at radius 1 is 1.24 bits per heavy atom. The fourth-order valence-corrected chi connectivity index (χ4v) is 1.94. The minimum Gasteiger partial charge on any atom is -0.459 e. The third kappa shape index (κ3) is 3.45. The number of methoxy groups -OCH3 is 1. The third-order valence-electron chi connectivity index (χ3n) is 3.12. The van der Waals surface area contributed by atoms with E-state index in [0.29, 0.717) is 5.56 Å². The standard InChI is InChI=1S/C14H16O7/c1-19-14-12(17)11(16)10(15)9(21-14)7-20-13(18)8-5-3-2-4-6-8/h2-6,9-10,12,14-15,17H,7H2,1H3/t9?,10-,12?,14+/m1/s1. The van der Waals surface area contributed by atoms with Crippen LogP contribution in [0, 0.1) is 0 Å². The van der Waals surface area contributed by atoms with Gasteiger partial charge in [0.15, 0.2) is 18.2 Å². The van der Waals surface area contributed by atoms with Crippen molar-refractivity contribution in [1.82, 2.24) is 0 Å². The fourth-order valence-electron chi connectivity index (χ4n) is 1.94. The highest BCUT2D eigenvalue weighted by atomic mass is 16.7. The first-order valence-electron chi connectivity index (χ1n) is 6.35. The molecule has 4 atom stereocenters. The number of aliphatic hydroxyl groups is 2. The molecule has 1 saturated heterocycles. The van der Waals surface area contributed by atoms with Gasteiger partial charge in [0.25, 0.3) is 0 Å². The van der Waals surface area contributed by atoms with E-state index in [1.165, 1.54) is 7.11 Å². The van der Waals surface area contributed by atoms with Gasteiger partial charge >= 0.3 is 5.97 Å². The molecule has 1 aromatic rings. The highest BCUT2D eigenvalue weighted by molar-refractivity contribution is 5.90. The lowest BCUT2D eigenvalue weighted by atomic mass is 10.0. The van der Waals surface area contributed by atoms with Crippen molar-refractivity contribution in [3.63, 3.8) is 0 Å². The van der Waals surface area contributed by atoms with Gasteiger partial charge in [-0.05, 0) is 12.1 Å². The molecular weight excluding hydrogens is 280 g/mol. The van der Waals surface area contributed by atoms with E-state index in [-0.39, 0.29) is 6.61 Å². The Hall–Kier alpha value is -1.80. The van der Waals surface area contributed by atoms with Crippen LogP contribution in [-0.4, -0.2) is 60.3 Å². The van der Waals surface area contributed by atoms with Gasteiger partial charge in [-0.2, -0.15) is 0 Å². The normalized spacial score (nSPS) is 29.2. The SMILES string of the molecule is CO[C@H]1OC(COC(=O)c2ccccc2)[C@@H](O)C(=O)C1O. The Kier molecular flexibility index (Phi) is 5.03. The second-order valence-corrected chi connectivity index (χ2v) is 4.54. The zero-order valence-electron chi connectivity index (χ0n) is 11.3. The third-order valence-corrected chi connectivity index (χ3v) is 3.12. The van der Waals surface area contributed by atoms with Crippen LogP contribution in [0.25, 0.3) is 0 Å². The summed E-state index contributed by atoms with van der Waals surface area (Å²) in [5, 5.41) is 19.2. The molecule has 1 heterocycles. The Bertz CT molecular complexity index is 501. The van der Waals surface area contributed by atoms with Gasteiger partial charge in [0.05, 0.1) is 5.56 Å². The van der Waals surface area contributed by atoms with E-state index < -0.39 is 36.4 Å². The largest absolute Gasteiger partial charge is 0.459 e. The number of esters is 1. The van der Waals surface area contributed by atoms with Crippen molar-refractivity contribution >= 4 is 11.8 Å². The monoisotopic (exact) mass is 296 g/mol. The number of benzene rings is 1. The number of carbonyl (C=O) groups excluding carboxylic acids is 2. The quantitative estimate of drug-likeness (QED) is 0.722. The zero-order chi connectivity index (χ0) is 15.4. The Balaban J connectivity index is 1.96. The lowest BCUT2D eigenvalue weighted by Gasteiger charge is -2.34. The Morgan fingerprint density at radius 2 is 1.90 bits per heavy atom. The molecule has 2 N–H and O–H groups in total. The summed E-state index contributed by atoms with van der Waals surface area (Å²) in [4.78, 5) is 23.4. The van der Waals surface area contributed by atoms with Crippen molar-refractivity contribution in [3.8, 4) is 0 Å². The Labute approximate surface area is 121 Å². The van der Waals surface area contributed by atoms with Crippen LogP contribution < -0.4 is 0 Å². The molecule has 7 heteroatoms. The molecule has 0 saturated carbocycles. The summed E-state index contributed by atoms with van der Waals surface area (Å²) in [6, 6.07) is 8.28. The molecule has 0 amide bonds. The molecule has 2 rings (SSSR count). The molecule has 1 aromatic carbocycles. The van der Waals surface area contributed by atoms with Crippen molar-refractivity contribution in [2.75, 3.05) is 13.7 Å². The zero-order valence-corrected chi connectivity index (χ0v) is 11.3. The number of hydrogen-bond acceptors (Lipinski definition) is 7. The van der Waals surface area contributed by atoms with Gasteiger partial charge in [0.1, 0.15) is 18.8 Å². The number of ketones is 1. The molecule has 114 valence electrons. The summed E-state index contributed by atoms with van der Waals surface area (Å²) in [7, 11) is 1.26. The number of hydrogen-bond donors (Lipinski definition) is 2. The fraction of sp³-hybridized carbons (Fsp3) is 0.429. The first-order valence-corrected chi connectivity index (χ1v) is 6.35. The highest BCUT2D eigenvalue weighted by Gasteiger charge is 2.44. The summed E-state index contributed by atoms with van der Waals surface area (Å²) in [5.74, 6) is -1.42. The van der Waals surface area contributed by atoms with Crippen LogP contribution in [0.5, 0.6) is 0 Å². The van der Waals surface area contributed by atoms with Crippen LogP contribution in [0.1, 0.15) is 10.4 Å². The van der Waals surface area contributed by atoms with E-state index in [1.54, 1.807) is 30.3 Å². The van der Waals surface area contributed by atoms with Crippen LogP contribution >= 0.6 is 0 Å². The minimum atomic E-state index is -1.57. The molecular formula is C14H16O7. The number of Topliss-reactive ketones (excluding diaryl/α,β-unsaturated/α-hetero) is 1. The Morgan fingerprint density at radius 3 is 2.52 bits per heavy atom. The van der Waals surface area contributed by atoms with Gasteiger partial charge in [-0.3, -0.25) is 4.79 Å². The van der Waals surface area contributed by atoms with Gasteiger partial charge < -0.3 is 24.4 Å². The molecule has 0 aromatic heterocycles. The molecule has 0 spiro atoms. The molecule has 0 aliphatic carbocycles. The van der Waals surface area contributed by atoms with E-state index in [2.05, 4.69) is 0 Å². The average Bonchev–Trinajstić information content (AvgIpc) is 2.52. The maximum absolute atomic E-state index is 11.8. The number of aliphatic hydroxyl groups excluding tert-OH is 2. The van der Waals surface area contributed by atoms with Crippen LogP contribution in [0.3, 0.4) is 0 Å². The summed E-state index contributed by atoms with van der Waals surface area (Å²) in [6.07, 6.45) is -5.42. The summed E-state index contributed by atoms with van der Waals surface area (Å²) in [6.45, 7) is -0.326. The van der Waals surface area contributed by atoms with E-state index in [0.717, 1.165) is 0 Å². The van der Waals surface area contributed by atoms with Crippen molar-refractivity contribution in [3.05, 3.63) is 35.9 Å². The first-order chi connectivity index (χ1) is 10.0. The van der Waals surface area contributed by atoms with Gasteiger partial charge in [0.2, 0.25) is 0 Å². The van der Waals surface area contributed by atoms with Crippen molar-refractivity contribution in [2.45, 2.75) is 24.6 Å². The molecule has 1 fully saturated rings. The van der Waals surface area contributed by atoms with Crippen molar-refractivity contribution in [1.29, 1.82) is 0 Å². The molecule has 21 heavy (non-hydrogen) atoms. The average molecular weight is 296 g/mol. The topological polar surface area (TPSA) is 102 Å². The van der Waals surface area contributed by atoms with Gasteiger partial charge in [-0.25, -0.2) is 4.79 Å². The van der Waals surface area contributed by atoms with E-state index >= 15 is 0 Å². The first kappa shape index (κ1) is 15.6. The summed E-state index contributed by atoms with van der Waals surface area (Å²) in [5.41, 5.74) is 0.345. The molecule has 1 aliphatic heterocycles. The van der Waals surface area contributed by atoms with E-state index in [4.69, 9.17) is 14.2 Å². The second-order valence-electron chi connectivity index (χ2n) is 4.54. The number of ether oxygens (including phenoxy) is 3. The van der Waals surface area contributed by atoms with Gasteiger partial charge in [-0.15, -0.1) is 0 Å². The lowest BCUT2D eigenvalue weighted by molar-refractivity contribution is -0.247. The molecule has 1 aliphatic rings. The number of rotatable bonds is 4. The molecule has 0 bridgehead atoms. The molecule has 7 nitrogen and oxygen atoms in total. The number of carbonyl (C=O) groups is 2. The predicted molar refractivity (Wildman–Crippen MR) is 69.4 cm³/mol. The van der Waals surface area contributed by atoms with Crippen LogP contribution in [0.15, 0.2) is 30.3 Å². The van der Waals surface area contributed by atoms with Gasteiger partial charge in [0, 0.05) is 7.11 Å². The van der Waals surface area contributed by atoms with Crippen molar-refractivity contribution in [2.24, 2.45) is 0 Å². The molecule has 2 unspecified atom stereocenters. The van der Waals surface area contributed by atoms with Crippen molar-refractivity contribution < 1.29 is 34.0 Å².